The molecular weight excluding hydrogens is 230 g/mol. The van der Waals surface area contributed by atoms with Crippen molar-refractivity contribution in [2.75, 3.05) is 6.54 Å². The minimum Gasteiger partial charge on any atom is -0.388 e. The van der Waals surface area contributed by atoms with E-state index in [9.17, 15) is 9.90 Å². The molecular formula is C10H14ClN3O2. The van der Waals surface area contributed by atoms with Crippen molar-refractivity contribution >= 4 is 17.5 Å². The molecule has 1 rings (SSSR count). The summed E-state index contributed by atoms with van der Waals surface area (Å²) in [5, 5.41) is 12.5. The zero-order chi connectivity index (χ0) is 12.2. The van der Waals surface area contributed by atoms with Crippen LogP contribution in [0.15, 0.2) is 12.4 Å². The number of nitrogens with zero attached hydrogens (tertiary/aromatic N) is 2. The Kier molecular flexibility index (Phi) is 4.20. The minimum absolute atomic E-state index is 0.173. The third kappa shape index (κ3) is 3.75. The molecule has 0 radical (unpaired) electrons. The third-order valence-electron chi connectivity index (χ3n) is 2.24. The molecule has 0 saturated carbocycles. The average Bonchev–Trinajstić information content (AvgIpc) is 2.27. The van der Waals surface area contributed by atoms with Crippen molar-refractivity contribution in [3.05, 3.63) is 23.2 Å². The van der Waals surface area contributed by atoms with E-state index in [-0.39, 0.29) is 23.3 Å². The second kappa shape index (κ2) is 5.23. The van der Waals surface area contributed by atoms with Gasteiger partial charge in [0.05, 0.1) is 18.0 Å². The molecule has 1 atom stereocenters. The molecule has 1 amide bonds. The van der Waals surface area contributed by atoms with E-state index in [1.807, 2.05) is 6.92 Å². The smallest absolute Gasteiger partial charge is 0.271 e. The Bertz CT molecular complexity index is 365. The molecule has 0 fully saturated rings. The molecule has 1 unspecified atom stereocenters. The number of hydrogen-bond donors (Lipinski definition) is 2. The maximum Gasteiger partial charge on any atom is 0.271 e. The topological polar surface area (TPSA) is 75.1 Å². The van der Waals surface area contributed by atoms with E-state index >= 15 is 0 Å². The minimum atomic E-state index is -0.907. The summed E-state index contributed by atoms with van der Waals surface area (Å²) in [6, 6.07) is 0. The molecule has 0 spiro atoms. The van der Waals surface area contributed by atoms with E-state index in [0.717, 1.165) is 0 Å². The standard InChI is InChI=1S/C10H14ClN3O2/c1-3-10(2,16)6-14-9(15)7-4-13-8(11)5-12-7/h4-5,16H,3,6H2,1-2H3,(H,14,15). The fraction of sp³-hybridized carbons (Fsp3) is 0.500. The van der Waals surface area contributed by atoms with Crippen molar-refractivity contribution in [1.82, 2.24) is 15.3 Å². The molecule has 0 aromatic carbocycles. The monoisotopic (exact) mass is 243 g/mol. The van der Waals surface area contributed by atoms with E-state index in [1.165, 1.54) is 12.4 Å². The summed E-state index contributed by atoms with van der Waals surface area (Å²) in [6.07, 6.45) is 3.15. The van der Waals surface area contributed by atoms with Crippen LogP contribution in [0.1, 0.15) is 30.8 Å². The largest absolute Gasteiger partial charge is 0.388 e. The number of carbonyl (C=O) groups is 1. The van der Waals surface area contributed by atoms with Gasteiger partial charge in [0.2, 0.25) is 0 Å². The molecule has 5 nitrogen and oxygen atoms in total. The van der Waals surface area contributed by atoms with E-state index in [1.54, 1.807) is 6.92 Å². The van der Waals surface area contributed by atoms with Crippen LogP contribution in [0.5, 0.6) is 0 Å². The molecule has 1 aromatic heterocycles. The fourth-order valence-corrected chi connectivity index (χ4v) is 1.01. The lowest BCUT2D eigenvalue weighted by Crippen LogP contribution is -2.40. The molecule has 0 saturated heterocycles. The van der Waals surface area contributed by atoms with Gasteiger partial charge in [-0.1, -0.05) is 18.5 Å². The Morgan fingerprint density at radius 3 is 2.75 bits per heavy atom. The van der Waals surface area contributed by atoms with Gasteiger partial charge < -0.3 is 10.4 Å². The highest BCUT2D eigenvalue weighted by molar-refractivity contribution is 6.29. The Morgan fingerprint density at radius 2 is 2.25 bits per heavy atom. The first-order chi connectivity index (χ1) is 7.44. The Balaban J connectivity index is 2.56. The van der Waals surface area contributed by atoms with Gasteiger partial charge in [0.1, 0.15) is 10.8 Å². The van der Waals surface area contributed by atoms with Crippen molar-refractivity contribution in [2.45, 2.75) is 25.9 Å². The number of carbonyl (C=O) groups excluding carboxylic acids is 1. The van der Waals surface area contributed by atoms with Gasteiger partial charge in [-0.25, -0.2) is 9.97 Å². The van der Waals surface area contributed by atoms with Gasteiger partial charge >= 0.3 is 0 Å². The highest BCUT2D eigenvalue weighted by Gasteiger charge is 2.19. The van der Waals surface area contributed by atoms with Crippen LogP contribution >= 0.6 is 11.6 Å². The van der Waals surface area contributed by atoms with Crippen LogP contribution < -0.4 is 5.32 Å². The van der Waals surface area contributed by atoms with E-state index < -0.39 is 5.60 Å². The van der Waals surface area contributed by atoms with Crippen LogP contribution in [-0.4, -0.2) is 33.1 Å². The van der Waals surface area contributed by atoms with Gasteiger partial charge in [0.25, 0.3) is 5.91 Å². The number of hydrogen-bond acceptors (Lipinski definition) is 4. The SMILES string of the molecule is CCC(C)(O)CNC(=O)c1cnc(Cl)cn1. The predicted molar refractivity (Wildman–Crippen MR) is 60.3 cm³/mol. The molecule has 0 aliphatic rings. The number of rotatable bonds is 4. The molecule has 1 heterocycles. The molecule has 0 aliphatic carbocycles. The summed E-state index contributed by atoms with van der Waals surface area (Å²) in [5.74, 6) is -0.377. The van der Waals surface area contributed by atoms with Crippen LogP contribution in [0, 0.1) is 0 Å². The van der Waals surface area contributed by atoms with E-state index in [4.69, 9.17) is 11.6 Å². The number of aromatic nitrogens is 2. The van der Waals surface area contributed by atoms with Crippen molar-refractivity contribution in [2.24, 2.45) is 0 Å². The van der Waals surface area contributed by atoms with E-state index in [0.29, 0.717) is 6.42 Å². The zero-order valence-corrected chi connectivity index (χ0v) is 9.95. The van der Waals surface area contributed by atoms with Crippen LogP contribution in [0.25, 0.3) is 0 Å². The van der Waals surface area contributed by atoms with Gasteiger partial charge in [-0.2, -0.15) is 0 Å². The molecule has 2 N–H and O–H groups in total. The van der Waals surface area contributed by atoms with Gasteiger partial charge in [-0.15, -0.1) is 0 Å². The lowest BCUT2D eigenvalue weighted by molar-refractivity contribution is 0.0517. The van der Waals surface area contributed by atoms with Gasteiger partial charge in [-0.3, -0.25) is 4.79 Å². The quantitative estimate of drug-likeness (QED) is 0.828. The van der Waals surface area contributed by atoms with E-state index in [2.05, 4.69) is 15.3 Å². The molecule has 0 aliphatic heterocycles. The van der Waals surface area contributed by atoms with Crippen LogP contribution in [-0.2, 0) is 0 Å². The number of halogens is 1. The normalized spacial score (nSPS) is 14.2. The van der Waals surface area contributed by atoms with Gasteiger partial charge in [0.15, 0.2) is 0 Å². The first-order valence-electron chi connectivity index (χ1n) is 4.93. The van der Waals surface area contributed by atoms with Crippen LogP contribution in [0.4, 0.5) is 0 Å². The van der Waals surface area contributed by atoms with Crippen molar-refractivity contribution < 1.29 is 9.90 Å². The lowest BCUT2D eigenvalue weighted by Gasteiger charge is -2.21. The highest BCUT2D eigenvalue weighted by atomic mass is 35.5. The predicted octanol–water partition coefficient (Wildman–Crippen LogP) is 1.02. The summed E-state index contributed by atoms with van der Waals surface area (Å²) in [5.41, 5.74) is -0.730. The van der Waals surface area contributed by atoms with Crippen LogP contribution in [0.2, 0.25) is 5.15 Å². The maximum absolute atomic E-state index is 11.6. The molecule has 16 heavy (non-hydrogen) atoms. The second-order valence-electron chi connectivity index (χ2n) is 3.76. The number of nitrogens with one attached hydrogen (secondary N) is 1. The highest BCUT2D eigenvalue weighted by Crippen LogP contribution is 2.06. The van der Waals surface area contributed by atoms with Gasteiger partial charge in [0, 0.05) is 6.54 Å². The van der Waals surface area contributed by atoms with Gasteiger partial charge in [-0.05, 0) is 13.3 Å². The third-order valence-corrected chi connectivity index (χ3v) is 2.44. The second-order valence-corrected chi connectivity index (χ2v) is 4.14. The molecule has 0 bridgehead atoms. The first-order valence-corrected chi connectivity index (χ1v) is 5.30. The molecule has 6 heteroatoms. The average molecular weight is 244 g/mol. The van der Waals surface area contributed by atoms with Crippen molar-refractivity contribution in [3.63, 3.8) is 0 Å². The summed E-state index contributed by atoms with van der Waals surface area (Å²) >= 11 is 5.54. The lowest BCUT2D eigenvalue weighted by atomic mass is 10.0. The number of amides is 1. The number of aliphatic hydroxyl groups is 1. The maximum atomic E-state index is 11.6. The Labute approximate surface area is 98.9 Å². The summed E-state index contributed by atoms with van der Waals surface area (Å²) in [4.78, 5) is 19.1. The van der Waals surface area contributed by atoms with Crippen molar-refractivity contribution in [1.29, 1.82) is 0 Å². The molecule has 1 aromatic rings. The molecule has 88 valence electrons. The van der Waals surface area contributed by atoms with Crippen LogP contribution in [0.3, 0.4) is 0 Å². The zero-order valence-electron chi connectivity index (χ0n) is 9.20. The summed E-state index contributed by atoms with van der Waals surface area (Å²) in [6.45, 7) is 3.67. The fourth-order valence-electron chi connectivity index (χ4n) is 0.916. The van der Waals surface area contributed by atoms with Crippen molar-refractivity contribution in [3.8, 4) is 0 Å². The Morgan fingerprint density at radius 1 is 1.56 bits per heavy atom. The first kappa shape index (κ1) is 12.9. The Hall–Kier alpha value is -1.20. The summed E-state index contributed by atoms with van der Waals surface area (Å²) in [7, 11) is 0. The summed E-state index contributed by atoms with van der Waals surface area (Å²) < 4.78 is 0.